The topological polar surface area (TPSA) is 37.3 Å². The van der Waals surface area contributed by atoms with Gasteiger partial charge >= 0.3 is 0 Å². The number of phenols is 1. The molecule has 2 aromatic rings. The van der Waals surface area contributed by atoms with Crippen molar-refractivity contribution in [1.82, 2.24) is 0 Å². The Labute approximate surface area is 116 Å². The number of phenolic OH excluding ortho intramolecular Hbond substituents is 1. The van der Waals surface area contributed by atoms with Gasteiger partial charge in [0.25, 0.3) is 0 Å². The predicted octanol–water partition coefficient (Wildman–Crippen LogP) is 3.83. The number of allylic oxidation sites excluding steroid dienone is 2. The van der Waals surface area contributed by atoms with Gasteiger partial charge in [-0.15, -0.1) is 0 Å². The highest BCUT2D eigenvalue weighted by Gasteiger charge is 1.96. The van der Waals surface area contributed by atoms with Crippen LogP contribution in [-0.2, 0) is 4.79 Å². The molecule has 0 fully saturated rings. The molecule has 0 amide bonds. The van der Waals surface area contributed by atoms with Crippen molar-refractivity contribution in [2.45, 2.75) is 0 Å². The molecule has 2 aromatic carbocycles. The van der Waals surface area contributed by atoms with Crippen molar-refractivity contribution in [3.63, 3.8) is 0 Å². The van der Waals surface area contributed by atoms with Crippen LogP contribution >= 0.6 is 0 Å². The van der Waals surface area contributed by atoms with Gasteiger partial charge in [0.15, 0.2) is 5.78 Å². The van der Waals surface area contributed by atoms with Crippen molar-refractivity contribution in [2.75, 3.05) is 0 Å². The molecule has 0 atom stereocenters. The Kier molecular flexibility index (Phi) is 4.45. The molecule has 0 unspecified atom stereocenters. The first-order valence-electron chi connectivity index (χ1n) is 6.09. The van der Waals surface area contributed by atoms with E-state index in [9.17, 15) is 14.3 Å². The van der Waals surface area contributed by atoms with Crippen molar-refractivity contribution >= 4 is 17.9 Å². The van der Waals surface area contributed by atoms with E-state index in [0.717, 1.165) is 5.56 Å². The zero-order valence-electron chi connectivity index (χ0n) is 10.7. The van der Waals surface area contributed by atoms with Crippen LogP contribution in [-0.4, -0.2) is 10.9 Å². The highest BCUT2D eigenvalue weighted by atomic mass is 19.1. The second kappa shape index (κ2) is 6.48. The Hall–Kier alpha value is -2.68. The second-order valence-corrected chi connectivity index (χ2v) is 4.18. The van der Waals surface area contributed by atoms with E-state index in [0.29, 0.717) is 5.56 Å². The number of ketones is 1. The van der Waals surface area contributed by atoms with Gasteiger partial charge in [-0.05, 0) is 42.0 Å². The minimum atomic E-state index is -0.312. The van der Waals surface area contributed by atoms with E-state index in [4.69, 9.17) is 0 Å². The van der Waals surface area contributed by atoms with E-state index < -0.39 is 0 Å². The highest BCUT2D eigenvalue weighted by Crippen LogP contribution is 2.16. The summed E-state index contributed by atoms with van der Waals surface area (Å²) in [5, 5.41) is 9.54. The third-order valence-corrected chi connectivity index (χ3v) is 2.67. The van der Waals surface area contributed by atoms with Crippen molar-refractivity contribution in [3.05, 3.63) is 77.6 Å². The maximum atomic E-state index is 12.7. The number of hydrogen-bond acceptors (Lipinski definition) is 2. The Morgan fingerprint density at radius 3 is 2.30 bits per heavy atom. The van der Waals surface area contributed by atoms with E-state index in [1.165, 1.54) is 24.3 Å². The fourth-order valence-electron chi connectivity index (χ4n) is 1.61. The summed E-state index contributed by atoms with van der Waals surface area (Å²) in [6, 6.07) is 12.6. The normalized spacial score (nSPS) is 11.2. The Morgan fingerprint density at radius 1 is 0.950 bits per heavy atom. The van der Waals surface area contributed by atoms with Crippen LogP contribution in [0.1, 0.15) is 11.1 Å². The SMILES string of the molecule is O=C(/C=C/c1ccc(F)cc1)/C=C/c1ccccc1O. The standard InChI is InChI=1S/C17H13FO2/c18-15-9-5-13(6-10-15)7-11-16(19)12-8-14-3-1-2-4-17(14)20/h1-12,20H/b11-7+,12-8+. The minimum Gasteiger partial charge on any atom is -0.507 e. The van der Waals surface area contributed by atoms with Gasteiger partial charge in [-0.25, -0.2) is 4.39 Å². The fourth-order valence-corrected chi connectivity index (χ4v) is 1.61. The molecule has 20 heavy (non-hydrogen) atoms. The van der Waals surface area contributed by atoms with Crippen LogP contribution in [0, 0.1) is 5.82 Å². The summed E-state index contributed by atoms with van der Waals surface area (Å²) in [4.78, 5) is 11.6. The lowest BCUT2D eigenvalue weighted by atomic mass is 10.1. The molecular weight excluding hydrogens is 255 g/mol. The number of hydrogen-bond donors (Lipinski definition) is 1. The first-order valence-corrected chi connectivity index (χ1v) is 6.09. The van der Waals surface area contributed by atoms with Crippen LogP contribution in [0.3, 0.4) is 0 Å². The van der Waals surface area contributed by atoms with Crippen LogP contribution in [0.4, 0.5) is 4.39 Å². The van der Waals surface area contributed by atoms with Crippen molar-refractivity contribution in [2.24, 2.45) is 0 Å². The van der Waals surface area contributed by atoms with Crippen molar-refractivity contribution in [3.8, 4) is 5.75 Å². The van der Waals surface area contributed by atoms with Gasteiger partial charge in [-0.2, -0.15) is 0 Å². The van der Waals surface area contributed by atoms with E-state index in [1.807, 2.05) is 0 Å². The molecule has 2 nitrogen and oxygen atoms in total. The van der Waals surface area contributed by atoms with Crippen LogP contribution in [0.25, 0.3) is 12.2 Å². The number of carbonyl (C=O) groups is 1. The number of rotatable bonds is 4. The van der Waals surface area contributed by atoms with E-state index in [1.54, 1.807) is 48.6 Å². The summed E-state index contributed by atoms with van der Waals surface area (Å²) in [5.74, 6) is -0.399. The van der Waals surface area contributed by atoms with Crippen molar-refractivity contribution in [1.29, 1.82) is 0 Å². The maximum Gasteiger partial charge on any atom is 0.178 e. The lowest BCUT2D eigenvalue weighted by molar-refractivity contribution is -0.110. The molecule has 0 saturated carbocycles. The van der Waals surface area contributed by atoms with E-state index >= 15 is 0 Å². The molecule has 3 heteroatoms. The Morgan fingerprint density at radius 2 is 1.60 bits per heavy atom. The lowest BCUT2D eigenvalue weighted by Gasteiger charge is -1.96. The molecule has 0 radical (unpaired) electrons. The lowest BCUT2D eigenvalue weighted by Crippen LogP contribution is -1.85. The third kappa shape index (κ3) is 3.92. The monoisotopic (exact) mass is 268 g/mol. The zero-order chi connectivity index (χ0) is 14.4. The molecule has 0 heterocycles. The molecule has 100 valence electrons. The number of halogens is 1. The minimum absolute atomic E-state index is 0.124. The molecular formula is C17H13FO2. The molecule has 0 aliphatic carbocycles. The predicted molar refractivity (Wildman–Crippen MR) is 77.6 cm³/mol. The molecule has 0 bridgehead atoms. The first-order chi connectivity index (χ1) is 9.65. The van der Waals surface area contributed by atoms with Gasteiger partial charge in [-0.3, -0.25) is 4.79 Å². The molecule has 0 aliphatic rings. The summed E-state index contributed by atoms with van der Waals surface area (Å²) in [6.45, 7) is 0. The maximum absolute atomic E-state index is 12.7. The largest absolute Gasteiger partial charge is 0.507 e. The van der Waals surface area contributed by atoms with Gasteiger partial charge in [0, 0.05) is 5.56 Å². The van der Waals surface area contributed by atoms with Gasteiger partial charge in [0.05, 0.1) is 0 Å². The van der Waals surface area contributed by atoms with Gasteiger partial charge in [0.2, 0.25) is 0 Å². The molecule has 0 aromatic heterocycles. The van der Waals surface area contributed by atoms with Gasteiger partial charge < -0.3 is 5.11 Å². The van der Waals surface area contributed by atoms with E-state index in [2.05, 4.69) is 0 Å². The van der Waals surface area contributed by atoms with Crippen LogP contribution in [0.5, 0.6) is 5.75 Å². The Bertz CT molecular complexity index is 655. The fraction of sp³-hybridized carbons (Fsp3) is 0. The van der Waals surface area contributed by atoms with Crippen LogP contribution in [0.15, 0.2) is 60.7 Å². The molecule has 2 rings (SSSR count). The molecule has 0 spiro atoms. The first kappa shape index (κ1) is 13.7. The molecule has 0 aliphatic heterocycles. The highest BCUT2D eigenvalue weighted by molar-refractivity contribution is 6.04. The summed E-state index contributed by atoms with van der Waals surface area (Å²) < 4.78 is 12.7. The number of benzene rings is 2. The van der Waals surface area contributed by atoms with Crippen LogP contribution < -0.4 is 0 Å². The summed E-state index contributed by atoms with van der Waals surface area (Å²) >= 11 is 0. The summed E-state index contributed by atoms with van der Waals surface area (Å²) in [7, 11) is 0. The van der Waals surface area contributed by atoms with Gasteiger partial charge in [0.1, 0.15) is 11.6 Å². The molecule has 0 saturated heterocycles. The third-order valence-electron chi connectivity index (χ3n) is 2.67. The van der Waals surface area contributed by atoms with E-state index in [-0.39, 0.29) is 17.3 Å². The average Bonchev–Trinajstić information content (AvgIpc) is 2.46. The van der Waals surface area contributed by atoms with Gasteiger partial charge in [-0.1, -0.05) is 36.4 Å². The second-order valence-electron chi connectivity index (χ2n) is 4.18. The number of aromatic hydroxyl groups is 1. The van der Waals surface area contributed by atoms with Crippen molar-refractivity contribution < 1.29 is 14.3 Å². The summed E-state index contributed by atoms with van der Waals surface area (Å²) in [5.41, 5.74) is 1.33. The molecule has 1 N–H and O–H groups in total. The smallest absolute Gasteiger partial charge is 0.178 e. The Balaban J connectivity index is 2.02. The summed E-state index contributed by atoms with van der Waals surface area (Å²) in [6.07, 6.45) is 5.92. The van der Waals surface area contributed by atoms with Crippen LogP contribution in [0.2, 0.25) is 0 Å². The average molecular weight is 268 g/mol. The zero-order valence-corrected chi connectivity index (χ0v) is 10.7. The number of carbonyl (C=O) groups excluding carboxylic acids is 1. The number of para-hydroxylation sites is 1. The quantitative estimate of drug-likeness (QED) is 0.856.